The number of carbonyl (C=O) groups excluding carboxylic acids is 1. The Labute approximate surface area is 169 Å². The number of nitrogens with zero attached hydrogens (tertiary/aromatic N) is 3. The summed E-state index contributed by atoms with van der Waals surface area (Å²) in [6.07, 6.45) is 15.4. The number of rotatable bonds is 5. The van der Waals surface area contributed by atoms with Crippen LogP contribution >= 0.6 is 0 Å². The van der Waals surface area contributed by atoms with Gasteiger partial charge in [0, 0.05) is 37.4 Å². The first kappa shape index (κ1) is 19.4. The Hall–Kier alpha value is -1.91. The molecule has 0 aromatic carbocycles. The van der Waals surface area contributed by atoms with Gasteiger partial charge in [-0.15, -0.1) is 0 Å². The molecule has 1 aromatic rings. The second-order valence-electron chi connectivity index (χ2n) is 8.90. The first-order chi connectivity index (χ1) is 13.7. The fraction of sp³-hybridized carbons (Fsp3) is 0.696. The number of nitrogens with one attached hydrogen (secondary N) is 1. The monoisotopic (exact) mass is 382 g/mol. The van der Waals surface area contributed by atoms with Crippen LogP contribution in [-0.2, 0) is 17.6 Å². The van der Waals surface area contributed by atoms with Gasteiger partial charge in [0.25, 0.3) is 0 Å². The summed E-state index contributed by atoms with van der Waals surface area (Å²) in [5, 5.41) is 3.17. The fourth-order valence-corrected chi connectivity index (χ4v) is 4.70. The number of carbonyl (C=O) groups is 1. The van der Waals surface area contributed by atoms with Crippen molar-refractivity contribution in [1.82, 2.24) is 15.3 Å². The van der Waals surface area contributed by atoms with Crippen LogP contribution in [0, 0.1) is 11.8 Å². The second-order valence-corrected chi connectivity index (χ2v) is 8.90. The number of amides is 1. The van der Waals surface area contributed by atoms with Crippen molar-refractivity contribution < 1.29 is 4.79 Å². The molecule has 1 fully saturated rings. The van der Waals surface area contributed by atoms with Crippen LogP contribution in [0.4, 0.5) is 5.95 Å². The fourth-order valence-electron chi connectivity index (χ4n) is 4.70. The van der Waals surface area contributed by atoms with Crippen LogP contribution in [0.25, 0.3) is 0 Å². The van der Waals surface area contributed by atoms with Crippen LogP contribution < -0.4 is 10.2 Å². The number of aromatic nitrogens is 2. The van der Waals surface area contributed by atoms with Gasteiger partial charge in [-0.25, -0.2) is 9.97 Å². The average molecular weight is 383 g/mol. The van der Waals surface area contributed by atoms with Crippen molar-refractivity contribution in [3.63, 3.8) is 0 Å². The Morgan fingerprint density at radius 2 is 2.07 bits per heavy atom. The van der Waals surface area contributed by atoms with Crippen molar-refractivity contribution in [2.24, 2.45) is 11.8 Å². The zero-order chi connectivity index (χ0) is 19.3. The van der Waals surface area contributed by atoms with Crippen LogP contribution in [-0.4, -0.2) is 35.5 Å². The lowest BCUT2D eigenvalue weighted by Crippen LogP contribution is -2.36. The van der Waals surface area contributed by atoms with Gasteiger partial charge in [-0.2, -0.15) is 0 Å². The van der Waals surface area contributed by atoms with E-state index in [2.05, 4.69) is 28.2 Å². The Morgan fingerprint density at radius 1 is 1.21 bits per heavy atom. The highest BCUT2D eigenvalue weighted by atomic mass is 16.1. The summed E-state index contributed by atoms with van der Waals surface area (Å²) >= 11 is 0. The predicted molar refractivity (Wildman–Crippen MR) is 112 cm³/mol. The van der Waals surface area contributed by atoms with Crippen LogP contribution in [0.5, 0.6) is 0 Å². The van der Waals surface area contributed by atoms with E-state index in [9.17, 15) is 4.79 Å². The van der Waals surface area contributed by atoms with Crippen LogP contribution in [0.3, 0.4) is 0 Å². The Morgan fingerprint density at radius 3 is 2.86 bits per heavy atom. The van der Waals surface area contributed by atoms with Gasteiger partial charge in [-0.05, 0) is 75.7 Å². The van der Waals surface area contributed by atoms with Gasteiger partial charge in [-0.3, -0.25) is 4.79 Å². The first-order valence-corrected chi connectivity index (χ1v) is 11.2. The van der Waals surface area contributed by atoms with Crippen molar-refractivity contribution in [3.8, 4) is 0 Å². The lowest BCUT2D eigenvalue weighted by molar-refractivity contribution is -0.125. The molecule has 0 radical (unpaired) electrons. The largest absolute Gasteiger partial charge is 0.356 e. The molecule has 0 saturated carbocycles. The topological polar surface area (TPSA) is 58.1 Å². The maximum absolute atomic E-state index is 12.6. The van der Waals surface area contributed by atoms with E-state index in [-0.39, 0.29) is 11.8 Å². The maximum atomic E-state index is 12.6. The first-order valence-electron chi connectivity index (χ1n) is 11.2. The van der Waals surface area contributed by atoms with Gasteiger partial charge < -0.3 is 10.2 Å². The lowest BCUT2D eigenvalue weighted by atomic mass is 9.86. The van der Waals surface area contributed by atoms with Crippen LogP contribution in [0.2, 0.25) is 0 Å². The van der Waals surface area contributed by atoms with E-state index < -0.39 is 0 Å². The Balaban J connectivity index is 1.29. The maximum Gasteiger partial charge on any atom is 0.225 e. The standard InChI is InChI=1S/C23H34N4O/c1-17-10-13-27(14-11-17)23-25-16-20-15-19(7-8-21(20)26-23)22(28)24-12-9-18-5-3-2-4-6-18/h5,16-17,19H,2-4,6-15H2,1H3,(H,24,28)/t19-/m0/s1. The van der Waals surface area contributed by atoms with E-state index in [0.29, 0.717) is 0 Å². The average Bonchev–Trinajstić information content (AvgIpc) is 2.74. The van der Waals surface area contributed by atoms with Gasteiger partial charge in [0.1, 0.15) is 0 Å². The number of fused-ring (bicyclic) bond motifs is 1. The molecule has 1 aliphatic heterocycles. The SMILES string of the molecule is CC1CCN(c2ncc3c(n2)CC[C@H](C(=O)NCCC2=CCCCC2)C3)CC1. The summed E-state index contributed by atoms with van der Waals surface area (Å²) in [6.45, 7) is 5.21. The Bertz CT molecular complexity index is 721. The molecule has 1 saturated heterocycles. The molecule has 2 aliphatic carbocycles. The third-order valence-corrected chi connectivity index (χ3v) is 6.71. The van der Waals surface area contributed by atoms with Crippen LogP contribution in [0.15, 0.2) is 17.8 Å². The van der Waals surface area contributed by atoms with E-state index in [1.807, 2.05) is 6.20 Å². The smallest absolute Gasteiger partial charge is 0.225 e. The molecule has 152 valence electrons. The molecule has 3 aliphatic rings. The van der Waals surface area contributed by atoms with E-state index >= 15 is 0 Å². The lowest BCUT2D eigenvalue weighted by Gasteiger charge is -2.31. The number of hydrogen-bond acceptors (Lipinski definition) is 4. The Kier molecular flexibility index (Phi) is 6.28. The number of hydrogen-bond donors (Lipinski definition) is 1. The number of allylic oxidation sites excluding steroid dienone is 1. The summed E-state index contributed by atoms with van der Waals surface area (Å²) in [7, 11) is 0. The zero-order valence-electron chi connectivity index (χ0n) is 17.3. The summed E-state index contributed by atoms with van der Waals surface area (Å²) in [4.78, 5) is 24.4. The summed E-state index contributed by atoms with van der Waals surface area (Å²) in [6, 6.07) is 0. The van der Waals surface area contributed by atoms with Gasteiger partial charge in [0.05, 0.1) is 0 Å². The highest BCUT2D eigenvalue weighted by Crippen LogP contribution is 2.27. The highest BCUT2D eigenvalue weighted by molar-refractivity contribution is 5.79. The van der Waals surface area contributed by atoms with E-state index in [0.717, 1.165) is 68.4 Å². The number of anilines is 1. The molecule has 5 heteroatoms. The third-order valence-electron chi connectivity index (χ3n) is 6.71. The molecule has 28 heavy (non-hydrogen) atoms. The van der Waals surface area contributed by atoms with Crippen molar-refractivity contribution in [1.29, 1.82) is 0 Å². The van der Waals surface area contributed by atoms with E-state index in [4.69, 9.17) is 4.98 Å². The van der Waals surface area contributed by atoms with Crippen LogP contribution in [0.1, 0.15) is 69.5 Å². The van der Waals surface area contributed by atoms with Crippen molar-refractivity contribution >= 4 is 11.9 Å². The molecule has 1 N–H and O–H groups in total. The molecule has 0 unspecified atom stereocenters. The molecule has 5 nitrogen and oxygen atoms in total. The normalized spacial score (nSPS) is 23.1. The molecular formula is C23H34N4O. The molecular weight excluding hydrogens is 348 g/mol. The second kappa shape index (κ2) is 9.06. The third kappa shape index (κ3) is 4.73. The minimum Gasteiger partial charge on any atom is -0.356 e. The van der Waals surface area contributed by atoms with Gasteiger partial charge in [0.2, 0.25) is 11.9 Å². The minimum absolute atomic E-state index is 0.0677. The number of piperidine rings is 1. The van der Waals surface area contributed by atoms with Crippen molar-refractivity contribution in [3.05, 3.63) is 29.1 Å². The highest BCUT2D eigenvalue weighted by Gasteiger charge is 2.27. The van der Waals surface area contributed by atoms with Gasteiger partial charge in [-0.1, -0.05) is 18.6 Å². The van der Waals surface area contributed by atoms with E-state index in [1.54, 1.807) is 0 Å². The van der Waals surface area contributed by atoms with Crippen molar-refractivity contribution in [2.45, 2.75) is 71.1 Å². The van der Waals surface area contributed by atoms with Crippen molar-refractivity contribution in [2.75, 3.05) is 24.5 Å². The number of aryl methyl sites for hydroxylation is 1. The molecule has 1 atom stereocenters. The summed E-state index contributed by atoms with van der Waals surface area (Å²) < 4.78 is 0. The quantitative estimate of drug-likeness (QED) is 0.787. The molecule has 0 spiro atoms. The van der Waals surface area contributed by atoms with E-state index in [1.165, 1.54) is 44.1 Å². The van der Waals surface area contributed by atoms with Gasteiger partial charge >= 0.3 is 0 Å². The summed E-state index contributed by atoms with van der Waals surface area (Å²) in [5.41, 5.74) is 3.84. The predicted octanol–water partition coefficient (Wildman–Crippen LogP) is 3.82. The molecule has 2 heterocycles. The summed E-state index contributed by atoms with van der Waals surface area (Å²) in [5.74, 6) is 1.96. The van der Waals surface area contributed by atoms with Gasteiger partial charge in [0.15, 0.2) is 0 Å². The zero-order valence-corrected chi connectivity index (χ0v) is 17.3. The molecule has 4 rings (SSSR count). The molecule has 1 amide bonds. The molecule has 1 aromatic heterocycles. The molecule has 0 bridgehead atoms. The minimum atomic E-state index is 0.0677.